The monoisotopic (exact) mass is 378 g/mol. The second-order valence-corrected chi connectivity index (χ2v) is 7.05. The molecule has 1 unspecified atom stereocenters. The molecular formula is C14H20Br2S. The van der Waals surface area contributed by atoms with Crippen LogP contribution in [0, 0.1) is 5.92 Å². The first kappa shape index (κ1) is 15.6. The highest BCUT2D eigenvalue weighted by atomic mass is 79.9. The smallest absolute Gasteiger partial charge is 0.0207 e. The van der Waals surface area contributed by atoms with Crippen LogP contribution < -0.4 is 0 Å². The molecule has 1 rings (SSSR count). The Morgan fingerprint density at radius 1 is 1.29 bits per heavy atom. The van der Waals surface area contributed by atoms with Crippen LogP contribution in [0.1, 0.15) is 25.3 Å². The van der Waals surface area contributed by atoms with Gasteiger partial charge < -0.3 is 0 Å². The summed E-state index contributed by atoms with van der Waals surface area (Å²) in [7, 11) is 0. The highest BCUT2D eigenvalue weighted by molar-refractivity contribution is 9.10. The lowest BCUT2D eigenvalue weighted by Gasteiger charge is -2.14. The summed E-state index contributed by atoms with van der Waals surface area (Å²) in [6.45, 7) is 2.23. The quantitative estimate of drug-likeness (QED) is 0.422. The van der Waals surface area contributed by atoms with Gasteiger partial charge in [0.05, 0.1) is 0 Å². The van der Waals surface area contributed by atoms with Crippen molar-refractivity contribution >= 4 is 43.6 Å². The average Bonchev–Trinajstić information content (AvgIpc) is 2.35. The summed E-state index contributed by atoms with van der Waals surface area (Å²) in [5, 5.41) is 1.10. The molecule has 1 aromatic rings. The van der Waals surface area contributed by atoms with Gasteiger partial charge in [-0.15, -0.1) is 0 Å². The normalized spacial score (nSPS) is 12.6. The lowest BCUT2D eigenvalue weighted by molar-refractivity contribution is 0.536. The van der Waals surface area contributed by atoms with E-state index < -0.39 is 0 Å². The van der Waals surface area contributed by atoms with E-state index >= 15 is 0 Å². The molecule has 0 aliphatic rings. The molecule has 1 aromatic carbocycles. The summed E-state index contributed by atoms with van der Waals surface area (Å²) in [6, 6.07) is 8.56. The van der Waals surface area contributed by atoms with Crippen molar-refractivity contribution in [2.24, 2.45) is 5.92 Å². The van der Waals surface area contributed by atoms with E-state index in [9.17, 15) is 0 Å². The Morgan fingerprint density at radius 3 is 2.71 bits per heavy atom. The van der Waals surface area contributed by atoms with Crippen molar-refractivity contribution in [3.8, 4) is 0 Å². The Kier molecular flexibility index (Phi) is 8.67. The zero-order chi connectivity index (χ0) is 12.5. The lowest BCUT2D eigenvalue weighted by Crippen LogP contribution is -2.07. The van der Waals surface area contributed by atoms with Gasteiger partial charge in [-0.3, -0.25) is 0 Å². The predicted octanol–water partition coefficient (Wildman–Crippen LogP) is 5.54. The highest BCUT2D eigenvalue weighted by Gasteiger charge is 2.09. The first-order valence-corrected chi connectivity index (χ1v) is 9.22. The van der Waals surface area contributed by atoms with Gasteiger partial charge in [-0.05, 0) is 48.3 Å². The van der Waals surface area contributed by atoms with E-state index in [-0.39, 0.29) is 0 Å². The molecule has 0 nitrogen and oxygen atoms in total. The number of benzene rings is 1. The maximum atomic E-state index is 3.64. The molecule has 0 aromatic heterocycles. The SMILES string of the molecule is CCSCCCC(CBr)Cc1ccccc1Br. The molecule has 0 spiro atoms. The fraction of sp³-hybridized carbons (Fsp3) is 0.571. The van der Waals surface area contributed by atoms with Crippen LogP contribution in [-0.4, -0.2) is 16.8 Å². The fourth-order valence-electron chi connectivity index (χ4n) is 1.83. The van der Waals surface area contributed by atoms with Crippen molar-refractivity contribution in [1.82, 2.24) is 0 Å². The van der Waals surface area contributed by atoms with E-state index in [1.54, 1.807) is 0 Å². The van der Waals surface area contributed by atoms with Crippen molar-refractivity contribution in [2.75, 3.05) is 16.8 Å². The van der Waals surface area contributed by atoms with Gasteiger partial charge in [-0.1, -0.05) is 57.0 Å². The first-order chi connectivity index (χ1) is 8.27. The third-order valence-electron chi connectivity index (χ3n) is 2.79. The summed E-state index contributed by atoms with van der Waals surface area (Å²) in [5.74, 6) is 3.30. The Hall–Kier alpha value is 0.530. The van der Waals surface area contributed by atoms with Crippen LogP contribution >= 0.6 is 43.6 Å². The van der Waals surface area contributed by atoms with Gasteiger partial charge in [0.25, 0.3) is 0 Å². The first-order valence-electron chi connectivity index (χ1n) is 6.15. The van der Waals surface area contributed by atoms with Crippen LogP contribution in [0.2, 0.25) is 0 Å². The largest absolute Gasteiger partial charge is 0.162 e. The summed E-state index contributed by atoms with van der Waals surface area (Å²) in [4.78, 5) is 0. The van der Waals surface area contributed by atoms with Crippen molar-refractivity contribution in [1.29, 1.82) is 0 Å². The third kappa shape index (κ3) is 6.30. The van der Waals surface area contributed by atoms with Crippen LogP contribution in [0.3, 0.4) is 0 Å². The van der Waals surface area contributed by atoms with E-state index in [2.05, 4.69) is 63.0 Å². The molecule has 96 valence electrons. The number of alkyl halides is 1. The van der Waals surface area contributed by atoms with Gasteiger partial charge in [-0.2, -0.15) is 11.8 Å². The van der Waals surface area contributed by atoms with Crippen molar-refractivity contribution in [2.45, 2.75) is 26.2 Å². The molecule has 1 atom stereocenters. The molecule has 0 N–H and O–H groups in total. The molecule has 0 fully saturated rings. The van der Waals surface area contributed by atoms with E-state index in [4.69, 9.17) is 0 Å². The molecule has 0 heterocycles. The number of rotatable bonds is 8. The average molecular weight is 380 g/mol. The highest BCUT2D eigenvalue weighted by Crippen LogP contribution is 2.23. The Morgan fingerprint density at radius 2 is 2.06 bits per heavy atom. The van der Waals surface area contributed by atoms with E-state index in [0.29, 0.717) is 0 Å². The number of halogens is 2. The standard InChI is InChI=1S/C14H20Br2S/c1-2-17-9-5-6-12(11-15)10-13-7-3-4-8-14(13)16/h3-4,7-8,12H,2,5-6,9-11H2,1H3. The summed E-state index contributed by atoms with van der Waals surface area (Å²) >= 11 is 9.32. The fourth-order valence-corrected chi connectivity index (χ4v) is 3.49. The van der Waals surface area contributed by atoms with Crippen molar-refractivity contribution < 1.29 is 0 Å². The van der Waals surface area contributed by atoms with Crippen LogP contribution in [0.4, 0.5) is 0 Å². The second kappa shape index (κ2) is 9.46. The van der Waals surface area contributed by atoms with E-state index in [1.807, 2.05) is 11.8 Å². The van der Waals surface area contributed by atoms with Crippen LogP contribution in [-0.2, 0) is 6.42 Å². The molecule has 0 amide bonds. The van der Waals surface area contributed by atoms with Crippen LogP contribution in [0.5, 0.6) is 0 Å². The van der Waals surface area contributed by atoms with Crippen molar-refractivity contribution in [3.05, 3.63) is 34.3 Å². The number of thioether (sulfide) groups is 1. The summed E-state index contributed by atoms with van der Waals surface area (Å²) in [6.07, 6.45) is 3.82. The van der Waals surface area contributed by atoms with Crippen molar-refractivity contribution in [3.63, 3.8) is 0 Å². The molecular weight excluding hydrogens is 360 g/mol. The predicted molar refractivity (Wildman–Crippen MR) is 87.4 cm³/mol. The van der Waals surface area contributed by atoms with Gasteiger partial charge in [0.1, 0.15) is 0 Å². The number of hydrogen-bond donors (Lipinski definition) is 0. The molecule has 0 aliphatic carbocycles. The molecule has 3 heteroatoms. The van der Waals surface area contributed by atoms with Gasteiger partial charge in [0.2, 0.25) is 0 Å². The van der Waals surface area contributed by atoms with Gasteiger partial charge in [0.15, 0.2) is 0 Å². The van der Waals surface area contributed by atoms with Gasteiger partial charge in [-0.25, -0.2) is 0 Å². The molecule has 17 heavy (non-hydrogen) atoms. The van der Waals surface area contributed by atoms with Gasteiger partial charge in [0, 0.05) is 9.80 Å². The summed E-state index contributed by atoms with van der Waals surface area (Å²) < 4.78 is 1.24. The Labute approximate surface area is 126 Å². The van der Waals surface area contributed by atoms with E-state index in [0.717, 1.165) is 11.2 Å². The molecule has 0 radical (unpaired) electrons. The third-order valence-corrected chi connectivity index (χ3v) is 5.46. The summed E-state index contributed by atoms with van der Waals surface area (Å²) in [5.41, 5.74) is 1.43. The maximum Gasteiger partial charge on any atom is 0.0207 e. The maximum absolute atomic E-state index is 3.64. The van der Waals surface area contributed by atoms with Crippen LogP contribution in [0.25, 0.3) is 0 Å². The minimum atomic E-state index is 0.756. The van der Waals surface area contributed by atoms with E-state index in [1.165, 1.54) is 40.8 Å². The zero-order valence-electron chi connectivity index (χ0n) is 10.3. The number of hydrogen-bond acceptors (Lipinski definition) is 1. The molecule has 0 bridgehead atoms. The Bertz CT molecular complexity index is 315. The van der Waals surface area contributed by atoms with Crippen LogP contribution in [0.15, 0.2) is 28.7 Å². The second-order valence-electron chi connectivity index (χ2n) is 4.16. The molecule has 0 saturated carbocycles. The lowest BCUT2D eigenvalue weighted by atomic mass is 9.97. The minimum absolute atomic E-state index is 0.756. The minimum Gasteiger partial charge on any atom is -0.162 e. The molecule has 0 saturated heterocycles. The topological polar surface area (TPSA) is 0 Å². The Balaban J connectivity index is 2.38. The zero-order valence-corrected chi connectivity index (χ0v) is 14.3. The van der Waals surface area contributed by atoms with Gasteiger partial charge >= 0.3 is 0 Å². The molecule has 0 aliphatic heterocycles.